The van der Waals surface area contributed by atoms with Crippen LogP contribution in [0.1, 0.15) is 11.1 Å². The Kier molecular flexibility index (Phi) is 6.36. The van der Waals surface area contributed by atoms with E-state index in [2.05, 4.69) is 10.6 Å². The van der Waals surface area contributed by atoms with Gasteiger partial charge < -0.3 is 19.9 Å². The zero-order chi connectivity index (χ0) is 18.2. The molecule has 2 rings (SSSR count). The van der Waals surface area contributed by atoms with Gasteiger partial charge in [0, 0.05) is 0 Å². The van der Waals surface area contributed by atoms with Crippen molar-refractivity contribution in [3.8, 4) is 11.5 Å². The summed E-state index contributed by atoms with van der Waals surface area (Å²) in [4.78, 5) is 23.7. The average Bonchev–Trinajstić information content (AvgIpc) is 2.60. The van der Waals surface area contributed by atoms with Crippen molar-refractivity contribution in [2.75, 3.05) is 19.0 Å². The molecule has 0 aliphatic carbocycles. The minimum absolute atomic E-state index is 0.141. The van der Waals surface area contributed by atoms with Crippen LogP contribution >= 0.6 is 0 Å². The average molecular weight is 344 g/mol. The molecule has 0 aliphatic heterocycles. The molecule has 3 N–H and O–H groups in total. The maximum atomic E-state index is 11.9. The Bertz CT molecular complexity index is 761. The summed E-state index contributed by atoms with van der Waals surface area (Å²) >= 11 is 0. The van der Waals surface area contributed by atoms with Crippen LogP contribution in [0.4, 0.5) is 10.5 Å². The molecular formula is C18H20N2O5. The lowest BCUT2D eigenvalue weighted by atomic mass is 10.2. The zero-order valence-electron chi connectivity index (χ0n) is 14.0. The van der Waals surface area contributed by atoms with Crippen LogP contribution < -0.4 is 20.1 Å². The number of carbonyl (C=O) groups excluding carboxylic acids is 2. The number of hydrogen-bond acceptors (Lipinski definition) is 5. The first kappa shape index (κ1) is 18.3. The third-order valence-electron chi connectivity index (χ3n) is 3.31. The molecule has 2 aromatic carbocycles. The molecule has 0 fully saturated rings. The molecular weight excluding hydrogens is 324 g/mol. The van der Waals surface area contributed by atoms with E-state index in [1.165, 1.54) is 7.11 Å². The van der Waals surface area contributed by atoms with Crippen LogP contribution in [0.15, 0.2) is 42.5 Å². The highest BCUT2D eigenvalue weighted by Gasteiger charge is 2.12. The number of aryl methyl sites for hydroxylation is 1. The third kappa shape index (κ3) is 5.50. The van der Waals surface area contributed by atoms with Gasteiger partial charge in [-0.2, -0.15) is 0 Å². The molecule has 0 atom stereocenters. The second-order valence-electron chi connectivity index (χ2n) is 5.30. The van der Waals surface area contributed by atoms with Crippen LogP contribution in [0.25, 0.3) is 0 Å². The summed E-state index contributed by atoms with van der Waals surface area (Å²) in [6, 6.07) is 11.4. The fourth-order valence-electron chi connectivity index (χ4n) is 2.11. The fraction of sp³-hybridized carbons (Fsp3) is 0.222. The number of nitrogens with one attached hydrogen (secondary N) is 2. The van der Waals surface area contributed by atoms with Gasteiger partial charge in [-0.1, -0.05) is 18.2 Å². The first-order chi connectivity index (χ1) is 12.0. The number of anilines is 1. The Morgan fingerprint density at radius 1 is 1.16 bits per heavy atom. The molecule has 0 saturated carbocycles. The topological polar surface area (TPSA) is 96.9 Å². The van der Waals surface area contributed by atoms with Crippen molar-refractivity contribution in [1.82, 2.24) is 5.32 Å². The normalized spacial score (nSPS) is 10.0. The van der Waals surface area contributed by atoms with Gasteiger partial charge in [-0.15, -0.1) is 0 Å². The van der Waals surface area contributed by atoms with Crippen molar-refractivity contribution < 1.29 is 24.2 Å². The number of ether oxygens (including phenoxy) is 2. The van der Waals surface area contributed by atoms with Gasteiger partial charge in [0.2, 0.25) is 0 Å². The summed E-state index contributed by atoms with van der Waals surface area (Å²) in [5.41, 5.74) is 2.03. The molecule has 3 amide bonds. The van der Waals surface area contributed by atoms with Gasteiger partial charge in [0.25, 0.3) is 5.91 Å². The highest BCUT2D eigenvalue weighted by molar-refractivity contribution is 6.02. The van der Waals surface area contributed by atoms with E-state index in [0.717, 1.165) is 5.56 Å². The van der Waals surface area contributed by atoms with E-state index in [-0.39, 0.29) is 13.2 Å². The van der Waals surface area contributed by atoms with Gasteiger partial charge in [-0.05, 0) is 42.3 Å². The maximum absolute atomic E-state index is 11.9. The molecule has 132 valence electrons. The van der Waals surface area contributed by atoms with Crippen molar-refractivity contribution in [1.29, 1.82) is 0 Å². The predicted octanol–water partition coefficient (Wildman–Crippen LogP) is 2.22. The number of hydrogen-bond donors (Lipinski definition) is 3. The number of aliphatic hydroxyl groups excluding tert-OH is 1. The lowest BCUT2D eigenvalue weighted by molar-refractivity contribution is -0.121. The SMILES string of the molecule is COc1cc(CO)ccc1NC(=O)NC(=O)COc1cccc(C)c1. The van der Waals surface area contributed by atoms with Gasteiger partial charge in [0.15, 0.2) is 6.61 Å². The van der Waals surface area contributed by atoms with Gasteiger partial charge in [0.1, 0.15) is 11.5 Å². The summed E-state index contributed by atoms with van der Waals surface area (Å²) in [6.45, 7) is 1.49. The molecule has 0 radical (unpaired) electrons. The standard InChI is InChI=1S/C18H20N2O5/c1-12-4-3-5-14(8-12)25-11-17(22)20-18(23)19-15-7-6-13(10-21)9-16(15)24-2/h3-9,21H,10-11H2,1-2H3,(H2,19,20,22,23). The van der Waals surface area contributed by atoms with Crippen LogP contribution in [0, 0.1) is 6.92 Å². The lowest BCUT2D eigenvalue weighted by Gasteiger charge is -2.12. The van der Waals surface area contributed by atoms with Crippen molar-refractivity contribution in [3.63, 3.8) is 0 Å². The monoisotopic (exact) mass is 344 g/mol. The number of urea groups is 1. The van der Waals surface area contributed by atoms with Crippen LogP contribution in [-0.2, 0) is 11.4 Å². The van der Waals surface area contributed by atoms with Crippen LogP contribution in [0.2, 0.25) is 0 Å². The Morgan fingerprint density at radius 2 is 1.96 bits per heavy atom. The molecule has 0 aromatic heterocycles. The summed E-state index contributed by atoms with van der Waals surface area (Å²) in [5, 5.41) is 13.8. The first-order valence-corrected chi connectivity index (χ1v) is 7.60. The number of amides is 3. The second kappa shape index (κ2) is 8.70. The first-order valence-electron chi connectivity index (χ1n) is 7.60. The summed E-state index contributed by atoms with van der Waals surface area (Å²) < 4.78 is 10.5. The third-order valence-corrected chi connectivity index (χ3v) is 3.31. The maximum Gasteiger partial charge on any atom is 0.326 e. The minimum Gasteiger partial charge on any atom is -0.495 e. The van der Waals surface area contributed by atoms with Gasteiger partial charge >= 0.3 is 6.03 Å². The van der Waals surface area contributed by atoms with Gasteiger partial charge in [0.05, 0.1) is 19.4 Å². The number of aliphatic hydroxyl groups is 1. The van der Waals surface area contributed by atoms with Crippen molar-refractivity contribution >= 4 is 17.6 Å². The van der Waals surface area contributed by atoms with E-state index in [1.807, 2.05) is 19.1 Å². The van der Waals surface area contributed by atoms with Crippen LogP contribution in [0.5, 0.6) is 11.5 Å². The summed E-state index contributed by atoms with van der Waals surface area (Å²) in [6.07, 6.45) is 0. The number of rotatable bonds is 6. The Morgan fingerprint density at radius 3 is 2.64 bits per heavy atom. The summed E-state index contributed by atoms with van der Waals surface area (Å²) in [5.74, 6) is 0.354. The molecule has 25 heavy (non-hydrogen) atoms. The van der Waals surface area contributed by atoms with Crippen molar-refractivity contribution in [2.24, 2.45) is 0 Å². The molecule has 0 unspecified atom stereocenters. The molecule has 0 saturated heterocycles. The largest absolute Gasteiger partial charge is 0.495 e. The quantitative estimate of drug-likeness (QED) is 0.747. The smallest absolute Gasteiger partial charge is 0.326 e. The number of methoxy groups -OCH3 is 1. The van der Waals surface area contributed by atoms with E-state index in [1.54, 1.807) is 30.3 Å². The molecule has 0 bridgehead atoms. The van der Waals surface area contributed by atoms with E-state index in [4.69, 9.17) is 14.6 Å². The molecule has 0 heterocycles. The molecule has 2 aromatic rings. The lowest BCUT2D eigenvalue weighted by Crippen LogP contribution is -2.37. The molecule has 0 aliphatic rings. The molecule has 7 heteroatoms. The highest BCUT2D eigenvalue weighted by Crippen LogP contribution is 2.25. The van der Waals surface area contributed by atoms with Crippen LogP contribution in [-0.4, -0.2) is 30.8 Å². The minimum atomic E-state index is -0.701. The second-order valence-corrected chi connectivity index (χ2v) is 5.30. The van der Waals surface area contributed by atoms with Crippen molar-refractivity contribution in [2.45, 2.75) is 13.5 Å². The molecule has 0 spiro atoms. The number of benzene rings is 2. The number of carbonyl (C=O) groups is 2. The Balaban J connectivity index is 1.88. The summed E-state index contributed by atoms with van der Waals surface area (Å²) in [7, 11) is 1.44. The number of imide groups is 1. The van der Waals surface area contributed by atoms with Crippen LogP contribution in [0.3, 0.4) is 0 Å². The van der Waals surface area contributed by atoms with E-state index < -0.39 is 11.9 Å². The molecule has 7 nitrogen and oxygen atoms in total. The Hall–Kier alpha value is -3.06. The van der Waals surface area contributed by atoms with Crippen molar-refractivity contribution in [3.05, 3.63) is 53.6 Å². The van der Waals surface area contributed by atoms with E-state index in [9.17, 15) is 9.59 Å². The van der Waals surface area contributed by atoms with E-state index >= 15 is 0 Å². The predicted molar refractivity (Wildman–Crippen MR) is 92.8 cm³/mol. The van der Waals surface area contributed by atoms with Gasteiger partial charge in [-0.3, -0.25) is 10.1 Å². The fourth-order valence-corrected chi connectivity index (χ4v) is 2.11. The zero-order valence-corrected chi connectivity index (χ0v) is 14.0. The Labute approximate surface area is 145 Å². The highest BCUT2D eigenvalue weighted by atomic mass is 16.5. The van der Waals surface area contributed by atoms with Gasteiger partial charge in [-0.25, -0.2) is 4.79 Å². The van der Waals surface area contributed by atoms with E-state index in [0.29, 0.717) is 22.7 Å².